The molecule has 0 aromatic heterocycles. The van der Waals surface area contributed by atoms with Crippen LogP contribution in [0.3, 0.4) is 0 Å². The quantitative estimate of drug-likeness (QED) is 0.884. The van der Waals surface area contributed by atoms with Gasteiger partial charge in [0.25, 0.3) is 0 Å². The molecule has 1 aromatic carbocycles. The van der Waals surface area contributed by atoms with Gasteiger partial charge in [0.15, 0.2) is 0 Å². The Bertz CT molecular complexity index is 370. The number of anilines is 1. The molecule has 1 saturated heterocycles. The van der Waals surface area contributed by atoms with Crippen molar-refractivity contribution in [3.8, 4) is 0 Å². The number of nitrogens with one attached hydrogen (secondary N) is 1. The first-order valence-corrected chi connectivity index (χ1v) is 7.96. The molecule has 1 aromatic rings. The van der Waals surface area contributed by atoms with E-state index in [9.17, 15) is 0 Å². The second-order valence-electron chi connectivity index (χ2n) is 6.10. The molecule has 104 valence electrons. The van der Waals surface area contributed by atoms with Gasteiger partial charge in [-0.1, -0.05) is 31.0 Å². The van der Waals surface area contributed by atoms with Crippen LogP contribution in [0.5, 0.6) is 0 Å². The molecule has 1 N–H and O–H groups in total. The largest absolute Gasteiger partial charge is 0.385 e. The molecule has 2 atom stereocenters. The van der Waals surface area contributed by atoms with Gasteiger partial charge in [-0.05, 0) is 56.8 Å². The summed E-state index contributed by atoms with van der Waals surface area (Å²) < 4.78 is 0. The van der Waals surface area contributed by atoms with Gasteiger partial charge >= 0.3 is 0 Å². The summed E-state index contributed by atoms with van der Waals surface area (Å²) in [6.45, 7) is 3.82. The lowest BCUT2D eigenvalue weighted by Crippen LogP contribution is -2.42. The molecule has 1 heterocycles. The molecule has 2 unspecified atom stereocenters. The summed E-state index contributed by atoms with van der Waals surface area (Å²) >= 11 is 0. The average Bonchev–Trinajstić information content (AvgIpc) is 2.95. The zero-order valence-corrected chi connectivity index (χ0v) is 11.9. The third-order valence-corrected chi connectivity index (χ3v) is 4.82. The van der Waals surface area contributed by atoms with E-state index in [0.29, 0.717) is 0 Å². The summed E-state index contributed by atoms with van der Waals surface area (Å²) in [7, 11) is 0. The lowest BCUT2D eigenvalue weighted by molar-refractivity contribution is 0.136. The highest BCUT2D eigenvalue weighted by atomic mass is 15.2. The Labute approximate surface area is 117 Å². The van der Waals surface area contributed by atoms with Gasteiger partial charge < -0.3 is 10.2 Å². The van der Waals surface area contributed by atoms with Crippen LogP contribution in [-0.4, -0.2) is 30.6 Å². The highest BCUT2D eigenvalue weighted by Gasteiger charge is 2.32. The van der Waals surface area contributed by atoms with Crippen molar-refractivity contribution in [3.05, 3.63) is 30.3 Å². The molecule has 1 saturated carbocycles. The van der Waals surface area contributed by atoms with Crippen molar-refractivity contribution in [2.45, 2.75) is 44.6 Å². The van der Waals surface area contributed by atoms with E-state index in [2.05, 4.69) is 40.5 Å². The first kappa shape index (κ1) is 13.0. The van der Waals surface area contributed by atoms with Crippen molar-refractivity contribution in [2.75, 3.05) is 25.0 Å². The third kappa shape index (κ3) is 3.30. The predicted molar refractivity (Wildman–Crippen MR) is 81.5 cm³/mol. The molecule has 3 rings (SSSR count). The molecule has 1 aliphatic heterocycles. The van der Waals surface area contributed by atoms with Gasteiger partial charge in [-0.25, -0.2) is 0 Å². The van der Waals surface area contributed by atoms with E-state index < -0.39 is 0 Å². The second kappa shape index (κ2) is 6.42. The first-order valence-electron chi connectivity index (χ1n) is 7.96. The molecule has 19 heavy (non-hydrogen) atoms. The van der Waals surface area contributed by atoms with Crippen LogP contribution in [0.15, 0.2) is 30.3 Å². The van der Waals surface area contributed by atoms with E-state index in [4.69, 9.17) is 0 Å². The minimum atomic E-state index is 0.844. The van der Waals surface area contributed by atoms with Gasteiger partial charge in [-0.3, -0.25) is 0 Å². The summed E-state index contributed by atoms with van der Waals surface area (Å²) in [6, 6.07) is 11.5. The minimum Gasteiger partial charge on any atom is -0.385 e. The molecule has 2 fully saturated rings. The molecule has 1 aliphatic carbocycles. The maximum absolute atomic E-state index is 3.63. The van der Waals surface area contributed by atoms with Crippen LogP contribution in [0.1, 0.15) is 38.5 Å². The molecule has 0 radical (unpaired) electrons. The Hall–Kier alpha value is -1.02. The van der Waals surface area contributed by atoms with Crippen molar-refractivity contribution < 1.29 is 0 Å². The number of likely N-dealkylation sites (tertiary alicyclic amines) is 1. The Kier molecular flexibility index (Phi) is 4.39. The summed E-state index contributed by atoms with van der Waals surface area (Å²) in [4.78, 5) is 2.77. The van der Waals surface area contributed by atoms with E-state index in [-0.39, 0.29) is 0 Å². The lowest BCUT2D eigenvalue weighted by Gasteiger charge is -2.36. The molecule has 0 spiro atoms. The summed E-state index contributed by atoms with van der Waals surface area (Å²) in [6.07, 6.45) is 8.51. The van der Waals surface area contributed by atoms with E-state index in [1.807, 2.05) is 0 Å². The van der Waals surface area contributed by atoms with Crippen LogP contribution in [0.2, 0.25) is 0 Å². The van der Waals surface area contributed by atoms with Crippen LogP contribution in [0.25, 0.3) is 0 Å². The molecule has 0 amide bonds. The maximum atomic E-state index is 3.63. The summed E-state index contributed by atoms with van der Waals surface area (Å²) in [5.41, 5.74) is 1.27. The van der Waals surface area contributed by atoms with Crippen molar-refractivity contribution in [2.24, 2.45) is 5.92 Å². The zero-order chi connectivity index (χ0) is 12.9. The molecular formula is C17H26N2. The van der Waals surface area contributed by atoms with Gasteiger partial charge in [0.05, 0.1) is 0 Å². The van der Waals surface area contributed by atoms with E-state index in [0.717, 1.165) is 18.5 Å². The van der Waals surface area contributed by atoms with Crippen molar-refractivity contribution in [3.63, 3.8) is 0 Å². The average molecular weight is 258 g/mol. The number of hydrogen-bond acceptors (Lipinski definition) is 2. The van der Waals surface area contributed by atoms with Crippen LogP contribution in [0, 0.1) is 5.92 Å². The van der Waals surface area contributed by atoms with Gasteiger partial charge in [0, 0.05) is 18.3 Å². The van der Waals surface area contributed by atoms with Crippen molar-refractivity contribution in [1.29, 1.82) is 0 Å². The van der Waals surface area contributed by atoms with Crippen molar-refractivity contribution >= 4 is 5.69 Å². The fourth-order valence-electron chi connectivity index (χ4n) is 3.79. The lowest BCUT2D eigenvalue weighted by atomic mass is 9.99. The van der Waals surface area contributed by atoms with Gasteiger partial charge in [0.2, 0.25) is 0 Å². The van der Waals surface area contributed by atoms with Gasteiger partial charge in [-0.15, -0.1) is 0 Å². The minimum absolute atomic E-state index is 0.844. The second-order valence-corrected chi connectivity index (χ2v) is 6.10. The molecule has 0 bridgehead atoms. The number of para-hydroxylation sites is 1. The Morgan fingerprint density at radius 3 is 2.53 bits per heavy atom. The number of piperidine rings is 1. The SMILES string of the molecule is c1ccc(NCC2CCCC2N2CCCCC2)cc1. The summed E-state index contributed by atoms with van der Waals surface area (Å²) in [5, 5.41) is 3.63. The summed E-state index contributed by atoms with van der Waals surface area (Å²) in [5.74, 6) is 0.846. The normalized spacial score (nSPS) is 28.4. The Morgan fingerprint density at radius 1 is 0.947 bits per heavy atom. The fourth-order valence-corrected chi connectivity index (χ4v) is 3.79. The highest BCUT2D eigenvalue weighted by molar-refractivity contribution is 5.42. The number of rotatable bonds is 4. The molecule has 2 aliphatic rings. The predicted octanol–water partition coefficient (Wildman–Crippen LogP) is 3.75. The monoisotopic (exact) mass is 258 g/mol. The Morgan fingerprint density at radius 2 is 1.74 bits per heavy atom. The van der Waals surface area contributed by atoms with Crippen LogP contribution < -0.4 is 5.32 Å². The maximum Gasteiger partial charge on any atom is 0.0340 e. The van der Waals surface area contributed by atoms with Crippen LogP contribution in [-0.2, 0) is 0 Å². The third-order valence-electron chi connectivity index (χ3n) is 4.82. The first-order chi connectivity index (χ1) is 9.43. The zero-order valence-electron chi connectivity index (χ0n) is 11.9. The molecule has 2 nitrogen and oxygen atoms in total. The number of benzene rings is 1. The molecule has 2 heteroatoms. The smallest absolute Gasteiger partial charge is 0.0340 e. The topological polar surface area (TPSA) is 15.3 Å². The van der Waals surface area contributed by atoms with Gasteiger partial charge in [0.1, 0.15) is 0 Å². The molecular weight excluding hydrogens is 232 g/mol. The van der Waals surface area contributed by atoms with Crippen LogP contribution >= 0.6 is 0 Å². The van der Waals surface area contributed by atoms with Gasteiger partial charge in [-0.2, -0.15) is 0 Å². The van der Waals surface area contributed by atoms with Crippen molar-refractivity contribution in [1.82, 2.24) is 4.90 Å². The van der Waals surface area contributed by atoms with Crippen LogP contribution in [0.4, 0.5) is 5.69 Å². The number of nitrogens with zero attached hydrogens (tertiary/aromatic N) is 1. The van der Waals surface area contributed by atoms with E-state index in [1.54, 1.807) is 0 Å². The van der Waals surface area contributed by atoms with E-state index >= 15 is 0 Å². The standard InChI is InChI=1S/C17H26N2/c1-3-9-16(10-4-1)18-14-15-8-7-11-17(15)19-12-5-2-6-13-19/h1,3-4,9-10,15,17-18H,2,5-8,11-14H2. The number of hydrogen-bond donors (Lipinski definition) is 1. The highest BCUT2D eigenvalue weighted by Crippen LogP contribution is 2.31. The van der Waals surface area contributed by atoms with E-state index in [1.165, 1.54) is 57.3 Å². The fraction of sp³-hybridized carbons (Fsp3) is 0.647. The Balaban J connectivity index is 1.54.